The normalized spacial score (nSPS) is 13.8. The fourth-order valence-electron chi connectivity index (χ4n) is 3.06. The lowest BCUT2D eigenvalue weighted by Crippen LogP contribution is -2.18. The number of aromatic amines is 1. The summed E-state index contributed by atoms with van der Waals surface area (Å²) in [6, 6.07) is 5.75. The summed E-state index contributed by atoms with van der Waals surface area (Å²) in [5.74, 6) is 0.721. The average molecular weight is 346 g/mol. The van der Waals surface area contributed by atoms with Crippen LogP contribution in [0.3, 0.4) is 0 Å². The van der Waals surface area contributed by atoms with Crippen LogP contribution in [0.4, 0.5) is 5.82 Å². The Hall–Kier alpha value is -3.75. The summed E-state index contributed by atoms with van der Waals surface area (Å²) >= 11 is 0. The van der Waals surface area contributed by atoms with Gasteiger partial charge in [-0.3, -0.25) is 9.56 Å². The smallest absolute Gasteiger partial charge is 0.328 e. The third kappa shape index (κ3) is 2.21. The molecule has 0 fully saturated rings. The molecule has 3 N–H and O–H groups in total. The standard InChI is InChI=1S/C17H14N8O/c18-14-13-16(23-15(22-14)10-4-5-19-7-10)25(17(26)21-13)9-11-8-24-6-2-1-3-12(24)20-11/h1-6,8H,7,9H2,(H,21,26)(H2,18,22,23). The van der Waals surface area contributed by atoms with E-state index in [4.69, 9.17) is 5.73 Å². The second-order valence-electron chi connectivity index (χ2n) is 6.03. The topological polar surface area (TPSA) is 119 Å². The van der Waals surface area contributed by atoms with Gasteiger partial charge in [0.25, 0.3) is 0 Å². The zero-order chi connectivity index (χ0) is 17.7. The number of anilines is 1. The number of allylic oxidation sites excluding steroid dienone is 1. The van der Waals surface area contributed by atoms with Gasteiger partial charge < -0.3 is 15.1 Å². The van der Waals surface area contributed by atoms with E-state index in [9.17, 15) is 4.79 Å². The Labute approximate surface area is 146 Å². The molecule has 0 amide bonds. The molecule has 128 valence electrons. The van der Waals surface area contributed by atoms with Gasteiger partial charge in [-0.2, -0.15) is 0 Å². The maximum absolute atomic E-state index is 12.5. The van der Waals surface area contributed by atoms with Crippen LogP contribution in [0.15, 0.2) is 46.5 Å². The lowest BCUT2D eigenvalue weighted by Gasteiger charge is -2.04. The SMILES string of the molecule is Nc1nc(C2=CC=NC2)nc2c1[nH]c(=O)n2Cc1cn2ccccc2n1. The van der Waals surface area contributed by atoms with E-state index in [2.05, 4.69) is 24.9 Å². The van der Waals surface area contributed by atoms with E-state index in [1.165, 1.54) is 4.57 Å². The first-order chi connectivity index (χ1) is 12.7. The number of fused-ring (bicyclic) bond motifs is 2. The van der Waals surface area contributed by atoms with Crippen molar-refractivity contribution in [3.05, 3.63) is 58.7 Å². The molecule has 0 saturated carbocycles. The van der Waals surface area contributed by atoms with Gasteiger partial charge >= 0.3 is 5.69 Å². The Bertz CT molecular complexity index is 1240. The Balaban J connectivity index is 1.64. The Kier molecular flexibility index (Phi) is 3.02. The van der Waals surface area contributed by atoms with E-state index in [-0.39, 0.29) is 18.1 Å². The number of hydrogen-bond donors (Lipinski definition) is 2. The second kappa shape index (κ2) is 5.38. The molecule has 0 radical (unpaired) electrons. The molecule has 0 aliphatic carbocycles. The molecule has 0 atom stereocenters. The summed E-state index contributed by atoms with van der Waals surface area (Å²) in [6.07, 6.45) is 7.35. The third-order valence-electron chi connectivity index (χ3n) is 4.31. The molecule has 4 aromatic heterocycles. The van der Waals surface area contributed by atoms with E-state index >= 15 is 0 Å². The first-order valence-corrected chi connectivity index (χ1v) is 8.07. The number of imidazole rings is 2. The highest BCUT2D eigenvalue weighted by Gasteiger charge is 2.17. The quantitative estimate of drug-likeness (QED) is 0.570. The highest BCUT2D eigenvalue weighted by Crippen LogP contribution is 2.20. The predicted molar refractivity (Wildman–Crippen MR) is 98.2 cm³/mol. The van der Waals surface area contributed by atoms with Gasteiger partial charge in [0.15, 0.2) is 17.3 Å². The number of nitrogens with one attached hydrogen (secondary N) is 1. The molecule has 0 saturated heterocycles. The summed E-state index contributed by atoms with van der Waals surface area (Å²) in [6.45, 7) is 0.790. The van der Waals surface area contributed by atoms with Gasteiger partial charge in [0.2, 0.25) is 0 Å². The molecule has 1 aliphatic heterocycles. The number of nitrogens with zero attached hydrogens (tertiary/aromatic N) is 6. The maximum Gasteiger partial charge on any atom is 0.328 e. The van der Waals surface area contributed by atoms with Gasteiger partial charge in [0, 0.05) is 24.2 Å². The minimum atomic E-state index is -0.299. The van der Waals surface area contributed by atoms with Gasteiger partial charge in [-0.25, -0.2) is 19.7 Å². The van der Waals surface area contributed by atoms with Crippen LogP contribution in [-0.2, 0) is 6.54 Å². The van der Waals surface area contributed by atoms with Crippen LogP contribution in [-0.4, -0.2) is 41.7 Å². The molecule has 9 heteroatoms. The Morgan fingerprint density at radius 3 is 2.96 bits per heavy atom. The zero-order valence-corrected chi connectivity index (χ0v) is 13.6. The summed E-state index contributed by atoms with van der Waals surface area (Å²) in [5.41, 5.74) is 9.07. The second-order valence-corrected chi connectivity index (χ2v) is 6.03. The third-order valence-corrected chi connectivity index (χ3v) is 4.31. The van der Waals surface area contributed by atoms with Crippen molar-refractivity contribution in [1.29, 1.82) is 0 Å². The number of rotatable bonds is 3. The minimum Gasteiger partial charge on any atom is -0.382 e. The molecular formula is C17H14N8O. The van der Waals surface area contributed by atoms with Gasteiger partial charge in [0.05, 0.1) is 18.8 Å². The lowest BCUT2D eigenvalue weighted by atomic mass is 10.2. The maximum atomic E-state index is 12.5. The highest BCUT2D eigenvalue weighted by atomic mass is 16.1. The molecule has 0 unspecified atom stereocenters. The average Bonchev–Trinajstić information content (AvgIpc) is 3.35. The van der Waals surface area contributed by atoms with Crippen LogP contribution in [0.1, 0.15) is 11.5 Å². The summed E-state index contributed by atoms with van der Waals surface area (Å²) < 4.78 is 3.43. The monoisotopic (exact) mass is 346 g/mol. The first-order valence-electron chi connectivity index (χ1n) is 8.07. The van der Waals surface area contributed by atoms with E-state index in [1.807, 2.05) is 41.1 Å². The van der Waals surface area contributed by atoms with Crippen LogP contribution < -0.4 is 11.4 Å². The molecular weight excluding hydrogens is 332 g/mol. The van der Waals surface area contributed by atoms with Crippen molar-refractivity contribution in [2.24, 2.45) is 4.99 Å². The van der Waals surface area contributed by atoms with E-state index < -0.39 is 0 Å². The fraction of sp³-hybridized carbons (Fsp3) is 0.118. The number of pyridine rings is 1. The van der Waals surface area contributed by atoms with Crippen molar-refractivity contribution in [1.82, 2.24) is 28.9 Å². The van der Waals surface area contributed by atoms with Crippen LogP contribution in [0.25, 0.3) is 22.4 Å². The summed E-state index contributed by atoms with van der Waals surface area (Å²) in [5, 5.41) is 0. The largest absolute Gasteiger partial charge is 0.382 e. The Morgan fingerprint density at radius 1 is 1.23 bits per heavy atom. The molecule has 26 heavy (non-hydrogen) atoms. The van der Waals surface area contributed by atoms with Crippen molar-refractivity contribution in [3.63, 3.8) is 0 Å². The molecule has 5 rings (SSSR count). The van der Waals surface area contributed by atoms with Gasteiger partial charge in [0.1, 0.15) is 11.2 Å². The van der Waals surface area contributed by atoms with Crippen molar-refractivity contribution in [2.75, 3.05) is 12.3 Å². The van der Waals surface area contributed by atoms with Crippen LogP contribution in [0, 0.1) is 0 Å². The van der Waals surface area contributed by atoms with Crippen LogP contribution in [0.5, 0.6) is 0 Å². The fourth-order valence-corrected chi connectivity index (χ4v) is 3.06. The van der Waals surface area contributed by atoms with Gasteiger partial charge in [-0.05, 0) is 18.2 Å². The first kappa shape index (κ1) is 14.6. The van der Waals surface area contributed by atoms with E-state index in [0.29, 0.717) is 23.5 Å². The minimum absolute atomic E-state index is 0.239. The molecule has 0 bridgehead atoms. The molecule has 4 aromatic rings. The highest BCUT2D eigenvalue weighted by molar-refractivity contribution is 5.90. The van der Waals surface area contributed by atoms with Crippen LogP contribution in [0.2, 0.25) is 0 Å². The number of nitrogen functional groups attached to an aromatic ring is 1. The van der Waals surface area contributed by atoms with Crippen LogP contribution >= 0.6 is 0 Å². The number of aromatic nitrogens is 6. The van der Waals surface area contributed by atoms with Crippen molar-refractivity contribution in [2.45, 2.75) is 6.54 Å². The zero-order valence-electron chi connectivity index (χ0n) is 13.6. The number of hydrogen-bond acceptors (Lipinski definition) is 6. The number of nitrogens with two attached hydrogens (primary N) is 1. The van der Waals surface area contributed by atoms with Crippen molar-refractivity contribution >= 4 is 34.4 Å². The van der Waals surface area contributed by atoms with Gasteiger partial charge in [-0.1, -0.05) is 6.07 Å². The summed E-state index contributed by atoms with van der Waals surface area (Å²) in [7, 11) is 0. The molecule has 0 spiro atoms. The van der Waals surface area contributed by atoms with Crippen molar-refractivity contribution in [3.8, 4) is 0 Å². The lowest BCUT2D eigenvalue weighted by molar-refractivity contribution is 0.761. The van der Waals surface area contributed by atoms with E-state index in [1.54, 1.807) is 6.21 Å². The molecule has 0 aromatic carbocycles. The molecule has 1 aliphatic rings. The molecule has 9 nitrogen and oxygen atoms in total. The number of aliphatic imine (C=N–C) groups is 1. The number of H-pyrrole nitrogens is 1. The predicted octanol–water partition coefficient (Wildman–Crippen LogP) is 0.866. The summed E-state index contributed by atoms with van der Waals surface area (Å²) in [4.78, 5) is 32.7. The van der Waals surface area contributed by atoms with Crippen molar-refractivity contribution < 1.29 is 0 Å². The van der Waals surface area contributed by atoms with Gasteiger partial charge in [-0.15, -0.1) is 0 Å². The molecule has 5 heterocycles. The Morgan fingerprint density at radius 2 is 2.15 bits per heavy atom. The van der Waals surface area contributed by atoms with E-state index in [0.717, 1.165) is 16.9 Å².